The average molecular weight is 886 g/mol. The molecule has 1 aliphatic heterocycles. The summed E-state index contributed by atoms with van der Waals surface area (Å²) in [6.45, 7) is 2.29. The quantitative estimate of drug-likeness (QED) is 0.177. The summed E-state index contributed by atoms with van der Waals surface area (Å²) in [4.78, 5) is 11.5. The van der Waals surface area contributed by atoms with Gasteiger partial charge in [-0.15, -0.1) is 0 Å². The highest BCUT2D eigenvalue weighted by Gasteiger charge is 2.27. The maximum Gasteiger partial charge on any atom is 0.163 e. The van der Waals surface area contributed by atoms with E-state index < -0.39 is 0 Å². The minimum atomic E-state index is -0.0700. The molecule has 0 aliphatic carbocycles. The molecule has 0 saturated carbocycles. The predicted octanol–water partition coefficient (Wildman–Crippen LogP) is 17.1. The predicted molar refractivity (Wildman–Crippen MR) is 285 cm³/mol. The van der Waals surface area contributed by atoms with Gasteiger partial charge in [-0.2, -0.15) is 0 Å². The normalized spacial score (nSPS) is 15.6. The molecule has 15 rings (SSSR count). The summed E-state index contributed by atoms with van der Waals surface area (Å²) in [5, 5.41) is 13.4. The van der Waals surface area contributed by atoms with Gasteiger partial charge in [0, 0.05) is 66.2 Å². The first-order chi connectivity index (χ1) is 34.1. The van der Waals surface area contributed by atoms with Crippen molar-refractivity contribution in [3.63, 3.8) is 0 Å². The van der Waals surface area contributed by atoms with Crippen LogP contribution < -0.4 is 0 Å². The number of allylic oxidation sites excluding steroid dienone is 1. The first kappa shape index (κ1) is 38.1. The summed E-state index contributed by atoms with van der Waals surface area (Å²) in [5.74, 6) is 0.488. The molecule has 0 saturated heterocycles. The van der Waals surface area contributed by atoms with Crippen LogP contribution in [0.5, 0.6) is 0 Å². The Bertz CT molecular complexity index is 4520. The van der Waals surface area contributed by atoms with Crippen LogP contribution in [0.3, 0.4) is 0 Å². The number of amidine groups is 1. The van der Waals surface area contributed by atoms with Crippen molar-refractivity contribution in [1.29, 1.82) is 0 Å². The van der Waals surface area contributed by atoms with Gasteiger partial charge in [0.1, 0.15) is 33.5 Å². The second kappa shape index (κ2) is 14.5. The van der Waals surface area contributed by atoms with Gasteiger partial charge in [0.2, 0.25) is 0 Å². The van der Waals surface area contributed by atoms with Crippen LogP contribution >= 0.6 is 0 Å². The summed E-state index contributed by atoms with van der Waals surface area (Å²) in [6.07, 6.45) is 2.94. The second-order valence-electron chi connectivity index (χ2n) is 18.5. The van der Waals surface area contributed by atoms with Crippen molar-refractivity contribution in [2.45, 2.75) is 13.3 Å². The molecule has 0 spiro atoms. The molecule has 5 heterocycles. The molecular formula is C63H39N3O3. The van der Waals surface area contributed by atoms with Gasteiger partial charge in [-0.3, -0.25) is 0 Å². The third kappa shape index (κ3) is 5.72. The molecule has 0 amide bonds. The molecule has 324 valence electrons. The molecule has 1 unspecified atom stereocenters. The van der Waals surface area contributed by atoms with Crippen molar-refractivity contribution in [3.8, 4) is 5.69 Å². The molecule has 0 bridgehead atoms. The van der Waals surface area contributed by atoms with Crippen molar-refractivity contribution in [2.24, 2.45) is 15.9 Å². The molecule has 6 nitrogen and oxygen atoms in total. The Morgan fingerprint density at radius 2 is 0.899 bits per heavy atom. The zero-order chi connectivity index (χ0) is 45.3. The van der Waals surface area contributed by atoms with E-state index in [1.54, 1.807) is 0 Å². The summed E-state index contributed by atoms with van der Waals surface area (Å²) >= 11 is 0. The molecular weight excluding hydrogens is 847 g/mol. The molecule has 4 aromatic heterocycles. The van der Waals surface area contributed by atoms with E-state index in [-0.39, 0.29) is 5.92 Å². The van der Waals surface area contributed by atoms with Crippen LogP contribution in [0.25, 0.3) is 121 Å². The SMILES string of the molecule is CC1C/C=C(\c2cccc3c2oc2ccccc23)N=C(c2cccc3c2oc2ccccc23)N=C1c1cc2c(cc1-n1c3cc4ccccc4cc3c3cc4ccccc4cc31)oc1ccccc12. The van der Waals surface area contributed by atoms with Crippen LogP contribution in [0.2, 0.25) is 0 Å². The molecule has 0 radical (unpaired) electrons. The van der Waals surface area contributed by atoms with E-state index in [0.29, 0.717) is 12.3 Å². The van der Waals surface area contributed by atoms with Gasteiger partial charge >= 0.3 is 0 Å². The number of nitrogens with zero attached hydrogens (tertiary/aromatic N) is 3. The average Bonchev–Trinajstić information content (AvgIpc) is 4.15. The lowest BCUT2D eigenvalue weighted by atomic mass is 9.91. The maximum absolute atomic E-state index is 6.77. The number of rotatable bonds is 4. The van der Waals surface area contributed by atoms with Crippen molar-refractivity contribution in [3.05, 3.63) is 217 Å². The molecule has 14 aromatic rings. The van der Waals surface area contributed by atoms with Crippen molar-refractivity contribution in [2.75, 3.05) is 0 Å². The first-order valence-corrected chi connectivity index (χ1v) is 23.6. The maximum atomic E-state index is 6.77. The largest absolute Gasteiger partial charge is 0.456 e. The third-order valence-corrected chi connectivity index (χ3v) is 14.4. The standard InChI is InChI=1S/C63H39N3O3/c1-36-28-29-52(46-23-12-21-44-41-18-6-10-26-57(41)68-61(44)46)64-63(47-24-13-22-45-42-19-7-11-27-58(42)69-62(45)47)65-60(36)51-34-50-43-20-8-9-25-56(43)67-59(50)35-55(51)66-53-32-39-16-4-2-14-37(39)30-48(53)49-31-38-15-3-5-17-40(38)33-54(49)66/h2-27,29-36H,28H2,1H3/b52-29+,64-63?,65-60?. The van der Waals surface area contributed by atoms with E-state index in [9.17, 15) is 0 Å². The molecule has 6 heteroatoms. The minimum Gasteiger partial charge on any atom is -0.456 e. The Morgan fingerprint density at radius 3 is 1.51 bits per heavy atom. The van der Waals surface area contributed by atoms with E-state index in [4.69, 9.17) is 23.2 Å². The van der Waals surface area contributed by atoms with Crippen molar-refractivity contribution < 1.29 is 13.3 Å². The smallest absolute Gasteiger partial charge is 0.163 e. The highest BCUT2D eigenvalue weighted by molar-refractivity contribution is 6.24. The summed E-state index contributed by atoms with van der Waals surface area (Å²) < 4.78 is 22.6. The number of fused-ring (bicyclic) bond motifs is 14. The molecule has 0 fully saturated rings. The van der Waals surface area contributed by atoms with E-state index in [2.05, 4.69) is 181 Å². The summed E-state index contributed by atoms with van der Waals surface area (Å²) in [6, 6.07) is 68.6. The fourth-order valence-electron chi connectivity index (χ4n) is 11.1. The zero-order valence-corrected chi connectivity index (χ0v) is 37.4. The van der Waals surface area contributed by atoms with Crippen LogP contribution in [0, 0.1) is 5.92 Å². The van der Waals surface area contributed by atoms with Crippen LogP contribution in [-0.4, -0.2) is 16.1 Å². The second-order valence-corrected chi connectivity index (χ2v) is 18.5. The van der Waals surface area contributed by atoms with E-state index in [1.807, 2.05) is 30.3 Å². The topological polar surface area (TPSA) is 69.1 Å². The van der Waals surface area contributed by atoms with Crippen molar-refractivity contribution >= 4 is 126 Å². The van der Waals surface area contributed by atoms with Crippen LogP contribution in [0.4, 0.5) is 0 Å². The van der Waals surface area contributed by atoms with Crippen LogP contribution in [-0.2, 0) is 0 Å². The Hall–Kier alpha value is -9.00. The molecule has 1 aliphatic rings. The molecule has 69 heavy (non-hydrogen) atoms. The van der Waals surface area contributed by atoms with Crippen LogP contribution in [0.1, 0.15) is 30.0 Å². The number of aliphatic imine (C=N–C) groups is 2. The number of furan rings is 3. The Morgan fingerprint density at radius 1 is 0.406 bits per heavy atom. The lowest BCUT2D eigenvalue weighted by molar-refractivity contribution is 0.667. The summed E-state index contributed by atoms with van der Waals surface area (Å²) in [7, 11) is 0. The Kier molecular flexibility index (Phi) is 8.01. The van der Waals surface area contributed by atoms with Gasteiger partial charge in [-0.25, -0.2) is 9.98 Å². The third-order valence-electron chi connectivity index (χ3n) is 14.4. The molecule has 10 aromatic carbocycles. The molecule has 1 atom stereocenters. The van der Waals surface area contributed by atoms with Gasteiger partial charge in [-0.05, 0) is 88.6 Å². The monoisotopic (exact) mass is 885 g/mol. The van der Waals surface area contributed by atoms with Crippen LogP contribution in [0.15, 0.2) is 223 Å². The van der Waals surface area contributed by atoms with Gasteiger partial charge in [-0.1, -0.05) is 140 Å². The van der Waals surface area contributed by atoms with Gasteiger partial charge in [0.15, 0.2) is 5.84 Å². The first-order valence-electron chi connectivity index (χ1n) is 23.6. The Balaban J connectivity index is 1.05. The number of benzene rings is 10. The fraction of sp³-hybridized carbons (Fsp3) is 0.0476. The lowest BCUT2D eigenvalue weighted by Crippen LogP contribution is -2.19. The zero-order valence-electron chi connectivity index (χ0n) is 37.4. The van der Waals surface area contributed by atoms with Gasteiger partial charge < -0.3 is 17.8 Å². The van der Waals surface area contributed by atoms with Crippen molar-refractivity contribution in [1.82, 2.24) is 4.57 Å². The highest BCUT2D eigenvalue weighted by Crippen LogP contribution is 2.43. The van der Waals surface area contributed by atoms with Gasteiger partial charge in [0.05, 0.1) is 33.7 Å². The number of para-hydroxylation sites is 5. The van der Waals surface area contributed by atoms with E-state index in [1.165, 1.54) is 32.3 Å². The fourth-order valence-corrected chi connectivity index (χ4v) is 11.1. The van der Waals surface area contributed by atoms with Gasteiger partial charge in [0.25, 0.3) is 0 Å². The molecule has 0 N–H and O–H groups in total. The number of hydrogen-bond donors (Lipinski definition) is 0. The number of aromatic nitrogens is 1. The minimum absolute atomic E-state index is 0.0700. The Labute approximate surface area is 394 Å². The summed E-state index contributed by atoms with van der Waals surface area (Å²) in [5.41, 5.74) is 12.5. The lowest BCUT2D eigenvalue weighted by Gasteiger charge is -2.22. The van der Waals surface area contributed by atoms with E-state index >= 15 is 0 Å². The van der Waals surface area contributed by atoms with E-state index in [0.717, 1.165) is 111 Å². The number of hydrogen-bond acceptors (Lipinski definition) is 5. The highest BCUT2D eigenvalue weighted by atomic mass is 16.3.